The number of phenols is 1. The maximum absolute atomic E-state index is 12.3. The lowest BCUT2D eigenvalue weighted by molar-refractivity contribution is -0.137. The molecule has 1 atom stereocenters. The molecule has 0 amide bonds. The summed E-state index contributed by atoms with van der Waals surface area (Å²) in [6, 6.07) is 3.41. The highest BCUT2D eigenvalue weighted by Crippen LogP contribution is 2.38. The predicted molar refractivity (Wildman–Crippen MR) is 67.7 cm³/mol. The Morgan fingerprint density at radius 2 is 2.21 bits per heavy atom. The number of ketones is 1. The molecule has 0 bridgehead atoms. The van der Waals surface area contributed by atoms with Gasteiger partial charge in [-0.05, 0) is 30.9 Å². The highest BCUT2D eigenvalue weighted by atomic mass is 16.5. The highest BCUT2D eigenvalue weighted by Gasteiger charge is 2.31. The van der Waals surface area contributed by atoms with Gasteiger partial charge in [-0.1, -0.05) is 6.07 Å². The van der Waals surface area contributed by atoms with E-state index in [2.05, 4.69) is 0 Å². The number of benzene rings is 1. The molecule has 0 radical (unpaired) electrons. The molecule has 2 N–H and O–H groups in total. The number of carbonyl (C=O) groups excluding carboxylic acids is 1. The molecule has 1 aliphatic rings. The lowest BCUT2D eigenvalue weighted by Crippen LogP contribution is -2.23. The molecule has 0 saturated carbocycles. The highest BCUT2D eigenvalue weighted by molar-refractivity contribution is 6.03. The van der Waals surface area contributed by atoms with Gasteiger partial charge >= 0.3 is 5.97 Å². The van der Waals surface area contributed by atoms with Crippen LogP contribution in [-0.2, 0) is 11.2 Å². The molecule has 0 unspecified atom stereocenters. The van der Waals surface area contributed by atoms with Crippen LogP contribution in [0, 0.1) is 5.92 Å². The molecular weight excluding hydrogens is 248 g/mol. The number of aryl methyl sites for hydroxylation is 1. The summed E-state index contributed by atoms with van der Waals surface area (Å²) in [7, 11) is 1.43. The Morgan fingerprint density at radius 1 is 1.47 bits per heavy atom. The molecule has 0 aliphatic heterocycles. The van der Waals surface area contributed by atoms with Crippen LogP contribution >= 0.6 is 0 Å². The van der Waals surface area contributed by atoms with Crippen molar-refractivity contribution in [3.63, 3.8) is 0 Å². The molecular formula is C14H16O5. The van der Waals surface area contributed by atoms with Gasteiger partial charge in [-0.2, -0.15) is 0 Å². The first kappa shape index (κ1) is 13.4. The maximum atomic E-state index is 12.3. The number of rotatable bonds is 4. The molecule has 0 saturated heterocycles. The van der Waals surface area contributed by atoms with E-state index in [-0.39, 0.29) is 29.6 Å². The SMILES string of the molecule is COc1ccc2c(c1O)C(=O)[C@H](CCC(=O)O)CC2. The summed E-state index contributed by atoms with van der Waals surface area (Å²) >= 11 is 0. The Kier molecular flexibility index (Phi) is 3.74. The van der Waals surface area contributed by atoms with Gasteiger partial charge in [-0.3, -0.25) is 9.59 Å². The topological polar surface area (TPSA) is 83.8 Å². The minimum absolute atomic E-state index is 0.0313. The van der Waals surface area contributed by atoms with E-state index in [1.807, 2.05) is 0 Å². The Hall–Kier alpha value is -2.04. The van der Waals surface area contributed by atoms with Crippen LogP contribution in [0.4, 0.5) is 0 Å². The van der Waals surface area contributed by atoms with Gasteiger partial charge in [0.1, 0.15) is 0 Å². The molecule has 5 heteroatoms. The van der Waals surface area contributed by atoms with Crippen molar-refractivity contribution in [3.8, 4) is 11.5 Å². The van der Waals surface area contributed by atoms with Crippen LogP contribution in [-0.4, -0.2) is 29.1 Å². The number of methoxy groups -OCH3 is 1. The van der Waals surface area contributed by atoms with E-state index in [1.54, 1.807) is 12.1 Å². The Labute approximate surface area is 110 Å². The van der Waals surface area contributed by atoms with Crippen molar-refractivity contribution in [2.45, 2.75) is 25.7 Å². The Balaban J connectivity index is 2.29. The predicted octanol–water partition coefficient (Wildman–Crippen LogP) is 2.01. The maximum Gasteiger partial charge on any atom is 0.303 e. The number of hydrogen-bond acceptors (Lipinski definition) is 4. The zero-order valence-corrected chi connectivity index (χ0v) is 10.7. The van der Waals surface area contributed by atoms with Crippen LogP contribution in [0.15, 0.2) is 12.1 Å². The number of Topliss-reactive ketones (excluding diaryl/α,β-unsaturated/α-hetero) is 1. The van der Waals surface area contributed by atoms with Crippen LogP contribution < -0.4 is 4.74 Å². The minimum Gasteiger partial charge on any atom is -0.504 e. The van der Waals surface area contributed by atoms with E-state index in [0.29, 0.717) is 24.8 Å². The first-order valence-corrected chi connectivity index (χ1v) is 6.19. The number of aliphatic carboxylic acids is 1. The van der Waals surface area contributed by atoms with Crippen LogP contribution in [0.1, 0.15) is 35.2 Å². The van der Waals surface area contributed by atoms with Gasteiger partial charge in [-0.15, -0.1) is 0 Å². The van der Waals surface area contributed by atoms with Gasteiger partial charge < -0.3 is 14.9 Å². The van der Waals surface area contributed by atoms with Crippen LogP contribution in [0.25, 0.3) is 0 Å². The lowest BCUT2D eigenvalue weighted by atomic mass is 9.80. The second-order valence-corrected chi connectivity index (χ2v) is 4.68. The van der Waals surface area contributed by atoms with Gasteiger partial charge in [0.05, 0.1) is 12.7 Å². The Morgan fingerprint density at radius 3 is 2.84 bits per heavy atom. The summed E-state index contributed by atoms with van der Waals surface area (Å²) in [4.78, 5) is 22.9. The minimum atomic E-state index is -0.909. The van der Waals surface area contributed by atoms with Crippen molar-refractivity contribution >= 4 is 11.8 Å². The van der Waals surface area contributed by atoms with E-state index >= 15 is 0 Å². The van der Waals surface area contributed by atoms with Crippen LogP contribution in [0.3, 0.4) is 0 Å². The molecule has 102 valence electrons. The van der Waals surface area contributed by atoms with E-state index in [4.69, 9.17) is 9.84 Å². The molecule has 5 nitrogen and oxygen atoms in total. The fourth-order valence-corrected chi connectivity index (χ4v) is 2.50. The Bertz CT molecular complexity index is 521. The first-order valence-electron chi connectivity index (χ1n) is 6.19. The molecule has 1 aromatic carbocycles. The standard InChI is InChI=1S/C14H16O5/c1-19-10-6-4-8-2-3-9(5-7-11(15)16)13(17)12(8)14(10)18/h4,6,9,18H,2-3,5,7H2,1H3,(H,15,16)/t9-/m0/s1. The van der Waals surface area contributed by atoms with Crippen molar-refractivity contribution in [1.29, 1.82) is 0 Å². The van der Waals surface area contributed by atoms with Crippen molar-refractivity contribution < 1.29 is 24.5 Å². The van der Waals surface area contributed by atoms with Crippen molar-refractivity contribution in [3.05, 3.63) is 23.3 Å². The zero-order valence-electron chi connectivity index (χ0n) is 10.7. The molecule has 0 aromatic heterocycles. The quantitative estimate of drug-likeness (QED) is 0.869. The summed E-state index contributed by atoms with van der Waals surface area (Å²) in [5, 5.41) is 18.7. The second kappa shape index (κ2) is 5.30. The first-order chi connectivity index (χ1) is 9.04. The van der Waals surface area contributed by atoms with Crippen LogP contribution in [0.5, 0.6) is 11.5 Å². The van der Waals surface area contributed by atoms with Crippen molar-refractivity contribution in [2.75, 3.05) is 7.11 Å². The lowest BCUT2D eigenvalue weighted by Gasteiger charge is -2.24. The summed E-state index contributed by atoms with van der Waals surface area (Å²) in [6.45, 7) is 0. The van der Waals surface area contributed by atoms with Gasteiger partial charge in [0.2, 0.25) is 0 Å². The molecule has 0 spiro atoms. The molecule has 1 aromatic rings. The molecule has 0 heterocycles. The smallest absolute Gasteiger partial charge is 0.303 e. The third-order valence-corrected chi connectivity index (χ3v) is 3.53. The van der Waals surface area contributed by atoms with E-state index < -0.39 is 5.97 Å². The fourth-order valence-electron chi connectivity index (χ4n) is 2.50. The third kappa shape index (κ3) is 2.54. The number of hydrogen-bond donors (Lipinski definition) is 2. The van der Waals surface area contributed by atoms with E-state index in [1.165, 1.54) is 7.11 Å². The molecule has 1 aliphatic carbocycles. The fraction of sp³-hybridized carbons (Fsp3) is 0.429. The normalized spacial score (nSPS) is 17.9. The van der Waals surface area contributed by atoms with Gasteiger partial charge in [0.25, 0.3) is 0 Å². The van der Waals surface area contributed by atoms with Crippen molar-refractivity contribution in [1.82, 2.24) is 0 Å². The van der Waals surface area contributed by atoms with E-state index in [9.17, 15) is 14.7 Å². The number of fused-ring (bicyclic) bond motifs is 1. The zero-order chi connectivity index (χ0) is 14.0. The third-order valence-electron chi connectivity index (χ3n) is 3.53. The summed E-state index contributed by atoms with van der Waals surface area (Å²) in [5.74, 6) is -1.29. The van der Waals surface area contributed by atoms with E-state index in [0.717, 1.165) is 5.56 Å². The average Bonchev–Trinajstić information content (AvgIpc) is 2.38. The van der Waals surface area contributed by atoms with Crippen molar-refractivity contribution in [2.24, 2.45) is 5.92 Å². The van der Waals surface area contributed by atoms with Gasteiger partial charge in [0.15, 0.2) is 17.3 Å². The molecule has 0 fully saturated rings. The monoisotopic (exact) mass is 264 g/mol. The average molecular weight is 264 g/mol. The van der Waals surface area contributed by atoms with Gasteiger partial charge in [0, 0.05) is 12.3 Å². The van der Waals surface area contributed by atoms with Gasteiger partial charge in [-0.25, -0.2) is 0 Å². The number of ether oxygens (including phenoxy) is 1. The van der Waals surface area contributed by atoms with Crippen LogP contribution in [0.2, 0.25) is 0 Å². The summed E-state index contributed by atoms with van der Waals surface area (Å²) in [6.07, 6.45) is 1.58. The summed E-state index contributed by atoms with van der Waals surface area (Å²) < 4.78 is 5.00. The second-order valence-electron chi connectivity index (χ2n) is 4.68. The number of aromatic hydroxyl groups is 1. The molecule has 19 heavy (non-hydrogen) atoms. The number of carboxylic acids is 1. The summed E-state index contributed by atoms with van der Waals surface area (Å²) in [5.41, 5.74) is 1.09. The number of carboxylic acid groups (broad SMARTS) is 1. The number of carbonyl (C=O) groups is 2. The number of phenolic OH excluding ortho intramolecular Hbond substituents is 1. The molecule has 2 rings (SSSR count). The largest absolute Gasteiger partial charge is 0.504 e.